The Morgan fingerprint density at radius 2 is 0.882 bits per heavy atom. The van der Waals surface area contributed by atoms with Gasteiger partial charge in [0.05, 0.1) is 0 Å². The second-order valence-corrected chi connectivity index (χ2v) is 4.87. The molecule has 0 aromatic heterocycles. The molecule has 0 unspecified atom stereocenters. The summed E-state index contributed by atoms with van der Waals surface area (Å²) >= 11 is 0. The third-order valence-corrected chi connectivity index (χ3v) is 3.03. The van der Waals surface area contributed by atoms with Crippen molar-refractivity contribution in [1.82, 2.24) is 0 Å². The lowest BCUT2D eigenvalue weighted by Crippen LogP contribution is -1.74. The van der Waals surface area contributed by atoms with Crippen LogP contribution in [0.1, 0.15) is 84.5 Å². The van der Waals surface area contributed by atoms with Gasteiger partial charge in [-0.05, 0) is 38.5 Å². The largest absolute Gasteiger partial charge is 0.0885 e. The summed E-state index contributed by atoms with van der Waals surface area (Å²) in [6, 6.07) is 0. The minimum absolute atomic E-state index is 1.22. The van der Waals surface area contributed by atoms with E-state index in [1.165, 1.54) is 70.6 Å². The van der Waals surface area contributed by atoms with E-state index in [9.17, 15) is 0 Å². The quantitative estimate of drug-likeness (QED) is 0.270. The average Bonchev–Trinajstić information content (AvgIpc) is 2.35. The molecule has 0 rings (SSSR count). The van der Waals surface area contributed by atoms with Crippen LogP contribution in [0.4, 0.5) is 0 Å². The van der Waals surface area contributed by atoms with Gasteiger partial charge in [-0.15, -0.1) is 0 Å². The molecule has 0 spiro atoms. The first-order valence-corrected chi connectivity index (χ1v) is 7.71. The van der Waals surface area contributed by atoms with E-state index in [0.29, 0.717) is 0 Å². The van der Waals surface area contributed by atoms with Gasteiger partial charge in [0.2, 0.25) is 0 Å². The summed E-state index contributed by atoms with van der Waals surface area (Å²) in [4.78, 5) is 0. The van der Waals surface area contributed by atoms with E-state index in [1.807, 2.05) is 0 Å². The first kappa shape index (κ1) is 16.5. The average molecular weight is 236 g/mol. The number of allylic oxidation sites excluding steroid dienone is 4. The lowest BCUT2D eigenvalue weighted by atomic mass is 10.1. The van der Waals surface area contributed by atoms with E-state index in [2.05, 4.69) is 38.2 Å². The van der Waals surface area contributed by atoms with E-state index in [-0.39, 0.29) is 0 Å². The van der Waals surface area contributed by atoms with Crippen LogP contribution in [0.5, 0.6) is 0 Å². The van der Waals surface area contributed by atoms with Crippen molar-refractivity contribution in [3.05, 3.63) is 24.3 Å². The van der Waals surface area contributed by atoms with Gasteiger partial charge in [-0.25, -0.2) is 0 Å². The van der Waals surface area contributed by atoms with Crippen molar-refractivity contribution in [2.45, 2.75) is 84.5 Å². The third kappa shape index (κ3) is 15.5. The Balaban J connectivity index is 3.13. The molecule has 0 heterocycles. The summed E-state index contributed by atoms with van der Waals surface area (Å²) < 4.78 is 0. The zero-order valence-electron chi connectivity index (χ0n) is 12.1. The SMILES string of the molecule is CCCCC/C=C\CC/C=C\CCCCCC. The molecule has 0 radical (unpaired) electrons. The van der Waals surface area contributed by atoms with Gasteiger partial charge in [-0.1, -0.05) is 70.3 Å². The number of rotatable bonds is 12. The summed E-state index contributed by atoms with van der Waals surface area (Å²) in [5.74, 6) is 0. The predicted octanol–water partition coefficient (Wildman–Crippen LogP) is 6.43. The standard InChI is InChI=1S/C17H32/c1-3-5-7-9-11-13-15-17-16-14-12-10-8-6-4-2/h11,13-14,16H,3-10,12,15,17H2,1-2H3/b13-11-,16-14-. The van der Waals surface area contributed by atoms with Crippen molar-refractivity contribution in [2.24, 2.45) is 0 Å². The Hall–Kier alpha value is -0.520. The number of hydrogen-bond donors (Lipinski definition) is 0. The van der Waals surface area contributed by atoms with Crippen LogP contribution in [0.2, 0.25) is 0 Å². The molecule has 0 aromatic carbocycles. The molecule has 0 aliphatic carbocycles. The van der Waals surface area contributed by atoms with E-state index in [1.54, 1.807) is 0 Å². The Morgan fingerprint density at radius 1 is 0.471 bits per heavy atom. The van der Waals surface area contributed by atoms with E-state index >= 15 is 0 Å². The summed E-state index contributed by atoms with van der Waals surface area (Å²) in [5, 5.41) is 0. The first-order valence-electron chi connectivity index (χ1n) is 7.71. The lowest BCUT2D eigenvalue weighted by molar-refractivity contribution is 0.674. The zero-order valence-corrected chi connectivity index (χ0v) is 12.1. The van der Waals surface area contributed by atoms with Crippen LogP contribution in [0.15, 0.2) is 24.3 Å². The molecule has 17 heavy (non-hydrogen) atoms. The molecule has 0 N–H and O–H groups in total. The predicted molar refractivity (Wildman–Crippen MR) is 80.4 cm³/mol. The molecule has 0 saturated heterocycles. The molecular formula is C17H32. The van der Waals surface area contributed by atoms with Gasteiger partial charge in [-0.2, -0.15) is 0 Å². The second kappa shape index (κ2) is 15.5. The molecule has 0 aliphatic rings. The maximum atomic E-state index is 2.36. The highest BCUT2D eigenvalue weighted by molar-refractivity contribution is 4.87. The molecule has 0 amide bonds. The highest BCUT2D eigenvalue weighted by Crippen LogP contribution is 2.04. The van der Waals surface area contributed by atoms with Crippen molar-refractivity contribution in [3.8, 4) is 0 Å². The van der Waals surface area contributed by atoms with Crippen molar-refractivity contribution >= 4 is 0 Å². The minimum Gasteiger partial charge on any atom is -0.0885 e. The van der Waals surface area contributed by atoms with Crippen molar-refractivity contribution in [1.29, 1.82) is 0 Å². The van der Waals surface area contributed by atoms with Gasteiger partial charge in [-0.3, -0.25) is 0 Å². The molecule has 0 heteroatoms. The van der Waals surface area contributed by atoms with Gasteiger partial charge in [0.1, 0.15) is 0 Å². The fourth-order valence-corrected chi connectivity index (χ4v) is 1.87. The Kier molecular flexibility index (Phi) is 15.0. The Labute approximate surface area is 109 Å². The first-order chi connectivity index (χ1) is 8.41. The van der Waals surface area contributed by atoms with E-state index < -0.39 is 0 Å². The number of unbranched alkanes of at least 4 members (excludes halogenated alkanes) is 8. The van der Waals surface area contributed by atoms with E-state index in [0.717, 1.165) is 0 Å². The van der Waals surface area contributed by atoms with Gasteiger partial charge < -0.3 is 0 Å². The smallest absolute Gasteiger partial charge is 0.0316 e. The van der Waals surface area contributed by atoms with Crippen LogP contribution >= 0.6 is 0 Å². The number of hydrogen-bond acceptors (Lipinski definition) is 0. The van der Waals surface area contributed by atoms with Crippen LogP contribution < -0.4 is 0 Å². The molecule has 0 saturated carbocycles. The summed E-state index contributed by atoms with van der Waals surface area (Å²) in [6.07, 6.45) is 24.0. The summed E-state index contributed by atoms with van der Waals surface area (Å²) in [7, 11) is 0. The van der Waals surface area contributed by atoms with Crippen molar-refractivity contribution in [2.75, 3.05) is 0 Å². The highest BCUT2D eigenvalue weighted by Gasteiger charge is 1.84. The summed E-state index contributed by atoms with van der Waals surface area (Å²) in [6.45, 7) is 4.53. The van der Waals surface area contributed by atoms with Gasteiger partial charge in [0.25, 0.3) is 0 Å². The Bertz CT molecular complexity index is 176. The van der Waals surface area contributed by atoms with Gasteiger partial charge in [0.15, 0.2) is 0 Å². The third-order valence-electron chi connectivity index (χ3n) is 3.03. The fourth-order valence-electron chi connectivity index (χ4n) is 1.87. The van der Waals surface area contributed by atoms with Crippen LogP contribution in [0.25, 0.3) is 0 Å². The topological polar surface area (TPSA) is 0 Å². The van der Waals surface area contributed by atoms with E-state index in [4.69, 9.17) is 0 Å². The normalized spacial score (nSPS) is 11.9. The van der Waals surface area contributed by atoms with Crippen LogP contribution in [0.3, 0.4) is 0 Å². The maximum absolute atomic E-state index is 2.36. The fraction of sp³-hybridized carbons (Fsp3) is 0.765. The molecule has 0 aromatic rings. The molecule has 0 fully saturated rings. The summed E-state index contributed by atoms with van der Waals surface area (Å²) in [5.41, 5.74) is 0. The minimum atomic E-state index is 1.22. The molecule has 0 bridgehead atoms. The highest BCUT2D eigenvalue weighted by atomic mass is 13.9. The van der Waals surface area contributed by atoms with Gasteiger partial charge >= 0.3 is 0 Å². The lowest BCUT2D eigenvalue weighted by Gasteiger charge is -1.94. The van der Waals surface area contributed by atoms with Crippen LogP contribution in [-0.4, -0.2) is 0 Å². The van der Waals surface area contributed by atoms with Crippen molar-refractivity contribution in [3.63, 3.8) is 0 Å². The second-order valence-electron chi connectivity index (χ2n) is 4.87. The van der Waals surface area contributed by atoms with Gasteiger partial charge in [0, 0.05) is 0 Å². The molecule has 100 valence electrons. The molecule has 0 nitrogen and oxygen atoms in total. The molecular weight excluding hydrogens is 204 g/mol. The molecule has 0 atom stereocenters. The van der Waals surface area contributed by atoms with Crippen LogP contribution in [-0.2, 0) is 0 Å². The molecule has 0 aliphatic heterocycles. The monoisotopic (exact) mass is 236 g/mol. The maximum Gasteiger partial charge on any atom is -0.0316 e. The van der Waals surface area contributed by atoms with Crippen LogP contribution in [0, 0.1) is 0 Å². The zero-order chi connectivity index (χ0) is 12.6. The van der Waals surface area contributed by atoms with Crippen molar-refractivity contribution < 1.29 is 0 Å². The Morgan fingerprint density at radius 3 is 1.41 bits per heavy atom.